The molecule has 0 saturated heterocycles. The Labute approximate surface area is 123 Å². The second kappa shape index (κ2) is 5.40. The van der Waals surface area contributed by atoms with Gasteiger partial charge in [0.05, 0.1) is 0 Å². The van der Waals surface area contributed by atoms with Crippen molar-refractivity contribution >= 4 is 17.3 Å². The SMILES string of the molecule is CC1CCC(Cn2nnnc2-c2cc(N)cc(Cl)c2)C1. The Morgan fingerprint density at radius 2 is 2.20 bits per heavy atom. The van der Waals surface area contributed by atoms with Gasteiger partial charge in [0, 0.05) is 22.8 Å². The van der Waals surface area contributed by atoms with Crippen molar-refractivity contribution in [3.05, 3.63) is 23.2 Å². The van der Waals surface area contributed by atoms with Crippen LogP contribution in [0.5, 0.6) is 0 Å². The van der Waals surface area contributed by atoms with E-state index in [2.05, 4.69) is 22.4 Å². The third-order valence-corrected chi connectivity index (χ3v) is 4.16. The summed E-state index contributed by atoms with van der Waals surface area (Å²) in [6, 6.07) is 5.42. The van der Waals surface area contributed by atoms with E-state index in [0.29, 0.717) is 16.6 Å². The summed E-state index contributed by atoms with van der Waals surface area (Å²) in [5.41, 5.74) is 7.32. The molecule has 2 aromatic rings. The predicted molar refractivity (Wildman–Crippen MR) is 79.2 cm³/mol. The molecule has 1 saturated carbocycles. The first-order valence-electron chi connectivity index (χ1n) is 6.94. The lowest BCUT2D eigenvalue weighted by Gasteiger charge is -2.11. The van der Waals surface area contributed by atoms with E-state index in [9.17, 15) is 0 Å². The van der Waals surface area contributed by atoms with Gasteiger partial charge in [-0.1, -0.05) is 24.9 Å². The molecule has 2 N–H and O–H groups in total. The van der Waals surface area contributed by atoms with Gasteiger partial charge in [-0.2, -0.15) is 0 Å². The minimum Gasteiger partial charge on any atom is -0.399 e. The van der Waals surface area contributed by atoms with Crippen molar-refractivity contribution < 1.29 is 0 Å². The second-order valence-electron chi connectivity index (χ2n) is 5.74. The highest BCUT2D eigenvalue weighted by Gasteiger charge is 2.23. The molecule has 0 amide bonds. The molecule has 1 heterocycles. The summed E-state index contributed by atoms with van der Waals surface area (Å²) < 4.78 is 1.87. The largest absolute Gasteiger partial charge is 0.399 e. The Bertz CT molecular complexity index is 589. The van der Waals surface area contributed by atoms with Crippen LogP contribution in [0, 0.1) is 11.8 Å². The van der Waals surface area contributed by atoms with Crippen molar-refractivity contribution in [1.82, 2.24) is 20.2 Å². The minimum absolute atomic E-state index is 0.601. The average Bonchev–Trinajstić information content (AvgIpc) is 2.98. The van der Waals surface area contributed by atoms with Gasteiger partial charge in [-0.05, 0) is 53.3 Å². The van der Waals surface area contributed by atoms with Gasteiger partial charge in [0.1, 0.15) is 0 Å². The van der Waals surface area contributed by atoms with Gasteiger partial charge in [-0.3, -0.25) is 0 Å². The summed E-state index contributed by atoms with van der Waals surface area (Å²) in [6.07, 6.45) is 3.79. The fraction of sp³-hybridized carbons (Fsp3) is 0.500. The van der Waals surface area contributed by atoms with Crippen molar-refractivity contribution in [2.24, 2.45) is 11.8 Å². The Morgan fingerprint density at radius 3 is 2.90 bits per heavy atom. The van der Waals surface area contributed by atoms with Crippen molar-refractivity contribution in [3.63, 3.8) is 0 Å². The number of halogens is 1. The third kappa shape index (κ3) is 2.77. The van der Waals surface area contributed by atoms with Crippen molar-refractivity contribution in [2.75, 3.05) is 5.73 Å². The number of nitrogens with two attached hydrogens (primary N) is 1. The van der Waals surface area contributed by atoms with Crippen molar-refractivity contribution in [3.8, 4) is 11.4 Å². The maximum Gasteiger partial charge on any atom is 0.182 e. The van der Waals surface area contributed by atoms with Crippen LogP contribution in [0.15, 0.2) is 18.2 Å². The molecule has 2 unspecified atom stereocenters. The highest BCUT2D eigenvalue weighted by molar-refractivity contribution is 6.31. The third-order valence-electron chi connectivity index (χ3n) is 3.94. The van der Waals surface area contributed by atoms with Gasteiger partial charge in [0.25, 0.3) is 0 Å². The van der Waals surface area contributed by atoms with E-state index in [1.807, 2.05) is 16.8 Å². The van der Waals surface area contributed by atoms with Crippen LogP contribution in [0.2, 0.25) is 5.02 Å². The van der Waals surface area contributed by atoms with Gasteiger partial charge >= 0.3 is 0 Å². The number of aromatic nitrogens is 4. The summed E-state index contributed by atoms with van der Waals surface area (Å²) in [5, 5.41) is 12.6. The van der Waals surface area contributed by atoms with E-state index in [1.165, 1.54) is 19.3 Å². The molecule has 6 heteroatoms. The molecule has 106 valence electrons. The first kappa shape index (κ1) is 13.4. The summed E-state index contributed by atoms with van der Waals surface area (Å²) in [6.45, 7) is 3.16. The van der Waals surface area contributed by atoms with Crippen molar-refractivity contribution in [2.45, 2.75) is 32.7 Å². The van der Waals surface area contributed by atoms with Crippen LogP contribution in [0.25, 0.3) is 11.4 Å². The van der Waals surface area contributed by atoms with E-state index in [-0.39, 0.29) is 0 Å². The number of benzene rings is 1. The lowest BCUT2D eigenvalue weighted by Crippen LogP contribution is -2.11. The van der Waals surface area contributed by atoms with Crippen LogP contribution in [0.1, 0.15) is 26.2 Å². The van der Waals surface area contributed by atoms with Crippen LogP contribution < -0.4 is 5.73 Å². The number of nitrogens with zero attached hydrogens (tertiary/aromatic N) is 4. The van der Waals surface area contributed by atoms with Crippen LogP contribution >= 0.6 is 11.6 Å². The average molecular weight is 292 g/mol. The molecule has 20 heavy (non-hydrogen) atoms. The quantitative estimate of drug-likeness (QED) is 0.883. The molecule has 0 bridgehead atoms. The lowest BCUT2D eigenvalue weighted by molar-refractivity contribution is 0.412. The molecule has 0 radical (unpaired) electrons. The summed E-state index contributed by atoms with van der Waals surface area (Å²) in [5.74, 6) is 2.20. The van der Waals surface area contributed by atoms with Crippen LogP contribution in [0.4, 0.5) is 5.69 Å². The zero-order valence-electron chi connectivity index (χ0n) is 11.5. The Balaban J connectivity index is 1.86. The maximum atomic E-state index is 6.05. The fourth-order valence-corrected chi connectivity index (χ4v) is 3.25. The highest BCUT2D eigenvalue weighted by atomic mass is 35.5. The first-order valence-corrected chi connectivity index (χ1v) is 7.32. The Morgan fingerprint density at radius 1 is 1.35 bits per heavy atom. The number of hydrogen-bond donors (Lipinski definition) is 1. The summed E-state index contributed by atoms with van der Waals surface area (Å²) in [7, 11) is 0. The highest BCUT2D eigenvalue weighted by Crippen LogP contribution is 2.32. The zero-order chi connectivity index (χ0) is 14.1. The number of rotatable bonds is 3. The number of hydrogen-bond acceptors (Lipinski definition) is 4. The van der Waals surface area contributed by atoms with E-state index in [4.69, 9.17) is 17.3 Å². The fourth-order valence-electron chi connectivity index (χ4n) is 3.01. The van der Waals surface area contributed by atoms with Gasteiger partial charge in [0.15, 0.2) is 5.82 Å². The van der Waals surface area contributed by atoms with Gasteiger partial charge in [-0.25, -0.2) is 4.68 Å². The molecule has 1 fully saturated rings. The summed E-state index contributed by atoms with van der Waals surface area (Å²) >= 11 is 6.05. The molecule has 0 aliphatic heterocycles. The molecule has 1 aromatic heterocycles. The monoisotopic (exact) mass is 291 g/mol. The molecule has 1 aliphatic rings. The van der Waals surface area contributed by atoms with Gasteiger partial charge < -0.3 is 5.73 Å². The normalized spacial score (nSPS) is 22.3. The van der Waals surface area contributed by atoms with E-state index in [1.54, 1.807) is 6.07 Å². The molecule has 1 aliphatic carbocycles. The summed E-state index contributed by atoms with van der Waals surface area (Å²) in [4.78, 5) is 0. The zero-order valence-corrected chi connectivity index (χ0v) is 12.2. The van der Waals surface area contributed by atoms with E-state index < -0.39 is 0 Å². The topological polar surface area (TPSA) is 69.6 Å². The molecular formula is C14H18ClN5. The predicted octanol–water partition coefficient (Wildman–Crippen LogP) is 3.01. The maximum absolute atomic E-state index is 6.05. The lowest BCUT2D eigenvalue weighted by atomic mass is 10.1. The first-order chi connectivity index (χ1) is 9.61. The molecule has 5 nitrogen and oxygen atoms in total. The standard InChI is InChI=1S/C14H18ClN5/c1-9-2-3-10(4-9)8-20-14(17-18-19-20)11-5-12(15)7-13(16)6-11/h5-7,9-10H,2-4,8,16H2,1H3. The Hall–Kier alpha value is -1.62. The molecule has 3 rings (SSSR count). The van der Waals surface area contributed by atoms with E-state index >= 15 is 0 Å². The number of nitrogen functional groups attached to an aromatic ring is 1. The van der Waals surface area contributed by atoms with E-state index in [0.717, 1.165) is 23.9 Å². The van der Waals surface area contributed by atoms with Gasteiger partial charge in [-0.15, -0.1) is 5.10 Å². The van der Waals surface area contributed by atoms with Crippen LogP contribution in [-0.4, -0.2) is 20.2 Å². The molecule has 2 atom stereocenters. The number of tetrazole rings is 1. The minimum atomic E-state index is 0.601. The van der Waals surface area contributed by atoms with Crippen molar-refractivity contribution in [1.29, 1.82) is 0 Å². The van der Waals surface area contributed by atoms with Crippen LogP contribution in [0.3, 0.4) is 0 Å². The molecule has 0 spiro atoms. The number of anilines is 1. The second-order valence-corrected chi connectivity index (χ2v) is 6.18. The molecular weight excluding hydrogens is 274 g/mol. The van der Waals surface area contributed by atoms with Gasteiger partial charge in [0.2, 0.25) is 0 Å². The Kier molecular flexibility index (Phi) is 3.61. The van der Waals surface area contributed by atoms with Crippen LogP contribution in [-0.2, 0) is 6.54 Å². The smallest absolute Gasteiger partial charge is 0.182 e. The molecule has 1 aromatic carbocycles.